The van der Waals surface area contributed by atoms with E-state index in [0.717, 1.165) is 0 Å². The van der Waals surface area contributed by atoms with E-state index in [4.69, 9.17) is 4.74 Å². The predicted octanol–water partition coefficient (Wildman–Crippen LogP) is 4.94. The van der Waals surface area contributed by atoms with Gasteiger partial charge in [0.2, 0.25) is 0 Å². The summed E-state index contributed by atoms with van der Waals surface area (Å²) >= 11 is 0. The minimum Gasteiger partial charge on any atom is -0.462 e. The van der Waals surface area contributed by atoms with Crippen LogP contribution in [-0.4, -0.2) is 12.6 Å². The monoisotopic (exact) mass is 298 g/mol. The molecule has 3 unspecified atom stereocenters. The summed E-state index contributed by atoms with van der Waals surface area (Å²) in [7, 11) is 0. The predicted molar refractivity (Wildman–Crippen MR) is 86.9 cm³/mol. The normalized spacial score (nSPS) is 37.5. The van der Waals surface area contributed by atoms with Gasteiger partial charge in [0.15, 0.2) is 0 Å². The molecule has 0 aromatic heterocycles. The molecule has 4 rings (SSSR count). The van der Waals surface area contributed by atoms with E-state index in [2.05, 4.69) is 26.0 Å². The van der Waals surface area contributed by atoms with Crippen LogP contribution in [0.2, 0.25) is 0 Å². The molecule has 22 heavy (non-hydrogen) atoms. The van der Waals surface area contributed by atoms with Crippen LogP contribution in [0.3, 0.4) is 0 Å². The van der Waals surface area contributed by atoms with Gasteiger partial charge in [0.05, 0.1) is 12.2 Å². The zero-order valence-corrected chi connectivity index (χ0v) is 13.9. The van der Waals surface area contributed by atoms with Gasteiger partial charge in [0.25, 0.3) is 0 Å². The van der Waals surface area contributed by atoms with Gasteiger partial charge in [-0.2, -0.15) is 0 Å². The number of hydrogen-bond acceptors (Lipinski definition) is 2. The molecule has 1 aromatic carbocycles. The second-order valence-electron chi connectivity index (χ2n) is 7.92. The highest BCUT2D eigenvalue weighted by atomic mass is 16.5. The summed E-state index contributed by atoms with van der Waals surface area (Å²) in [6.45, 7) is 7.31. The number of fused-ring (bicyclic) bond motifs is 3. The maximum Gasteiger partial charge on any atom is 0.338 e. The topological polar surface area (TPSA) is 26.3 Å². The third-order valence-electron chi connectivity index (χ3n) is 7.72. The molecule has 0 N–H and O–H groups in total. The molecular weight excluding hydrogens is 272 g/mol. The van der Waals surface area contributed by atoms with Crippen LogP contribution in [0.4, 0.5) is 0 Å². The second kappa shape index (κ2) is 4.37. The summed E-state index contributed by atoms with van der Waals surface area (Å²) in [5.74, 6) is 0.462. The molecule has 3 saturated carbocycles. The average Bonchev–Trinajstić information content (AvgIpc) is 2.93. The Morgan fingerprint density at radius 1 is 1.18 bits per heavy atom. The van der Waals surface area contributed by atoms with Crippen molar-refractivity contribution in [3.63, 3.8) is 0 Å². The molecule has 3 aliphatic carbocycles. The molecule has 2 heteroatoms. The molecule has 0 aliphatic heterocycles. The van der Waals surface area contributed by atoms with Crippen LogP contribution in [0.1, 0.15) is 74.7 Å². The van der Waals surface area contributed by atoms with E-state index in [1.54, 1.807) is 0 Å². The zero-order valence-electron chi connectivity index (χ0n) is 13.9. The Kier molecular flexibility index (Phi) is 2.84. The number of carbonyl (C=O) groups excluding carboxylic acids is 1. The Balaban J connectivity index is 1.56. The van der Waals surface area contributed by atoms with Gasteiger partial charge in [-0.15, -0.1) is 0 Å². The fourth-order valence-electron chi connectivity index (χ4n) is 6.38. The summed E-state index contributed by atoms with van der Waals surface area (Å²) in [5, 5.41) is 0. The molecule has 0 saturated heterocycles. The number of ether oxygens (including phenoxy) is 1. The highest BCUT2D eigenvalue weighted by Gasteiger charge is 2.89. The van der Waals surface area contributed by atoms with Gasteiger partial charge in [-0.3, -0.25) is 0 Å². The molecule has 118 valence electrons. The van der Waals surface area contributed by atoms with Crippen LogP contribution in [0, 0.1) is 16.2 Å². The van der Waals surface area contributed by atoms with E-state index in [9.17, 15) is 4.79 Å². The number of rotatable bonds is 3. The molecule has 3 fully saturated rings. The van der Waals surface area contributed by atoms with Crippen molar-refractivity contribution in [2.24, 2.45) is 16.2 Å². The Hall–Kier alpha value is -1.31. The Morgan fingerprint density at radius 2 is 1.82 bits per heavy atom. The van der Waals surface area contributed by atoms with Gasteiger partial charge in [-0.1, -0.05) is 38.8 Å². The smallest absolute Gasteiger partial charge is 0.338 e. The van der Waals surface area contributed by atoms with E-state index < -0.39 is 0 Å². The highest BCUT2D eigenvalue weighted by Crippen LogP contribution is 2.96. The average molecular weight is 298 g/mol. The van der Waals surface area contributed by atoms with E-state index in [1.807, 2.05) is 19.1 Å². The van der Waals surface area contributed by atoms with E-state index in [1.165, 1.54) is 37.7 Å². The first kappa shape index (κ1) is 14.3. The van der Waals surface area contributed by atoms with Crippen LogP contribution in [0.15, 0.2) is 24.3 Å². The van der Waals surface area contributed by atoms with E-state index >= 15 is 0 Å². The lowest BCUT2D eigenvalue weighted by atomic mass is 9.64. The third-order valence-corrected chi connectivity index (χ3v) is 7.72. The van der Waals surface area contributed by atoms with Crippen LogP contribution in [0.5, 0.6) is 0 Å². The fraction of sp³-hybridized carbons (Fsp3) is 0.650. The fourth-order valence-corrected chi connectivity index (χ4v) is 6.38. The van der Waals surface area contributed by atoms with Gasteiger partial charge >= 0.3 is 5.97 Å². The van der Waals surface area contributed by atoms with Crippen molar-refractivity contribution in [1.82, 2.24) is 0 Å². The standard InChI is InChI=1S/C20H26O2/c1-4-22-17(21)15-9-7-14(8-10-15)16-13-18(2)19(16,3)20(18)11-5-6-12-20/h7-10,16H,4-6,11-13H2,1-3H3. The van der Waals surface area contributed by atoms with Gasteiger partial charge in [-0.25, -0.2) is 4.79 Å². The van der Waals surface area contributed by atoms with Crippen LogP contribution < -0.4 is 0 Å². The summed E-state index contributed by atoms with van der Waals surface area (Å²) in [6, 6.07) is 8.19. The highest BCUT2D eigenvalue weighted by molar-refractivity contribution is 5.89. The molecular formula is C20H26O2. The Bertz CT molecular complexity index is 611. The summed E-state index contributed by atoms with van der Waals surface area (Å²) in [4.78, 5) is 11.8. The minimum absolute atomic E-state index is 0.211. The van der Waals surface area contributed by atoms with E-state index in [0.29, 0.717) is 34.3 Å². The molecule has 2 nitrogen and oxygen atoms in total. The number of benzene rings is 1. The molecule has 1 spiro atoms. The first-order valence-electron chi connectivity index (χ1n) is 8.77. The largest absolute Gasteiger partial charge is 0.462 e. The van der Waals surface area contributed by atoms with Gasteiger partial charge in [-0.05, 0) is 66.0 Å². The lowest BCUT2D eigenvalue weighted by Gasteiger charge is -2.40. The molecule has 0 radical (unpaired) electrons. The van der Waals surface area contributed by atoms with Crippen molar-refractivity contribution in [2.75, 3.05) is 6.61 Å². The number of hydrogen-bond donors (Lipinski definition) is 0. The van der Waals surface area contributed by atoms with E-state index in [-0.39, 0.29) is 5.97 Å². The molecule has 3 aliphatic rings. The van der Waals surface area contributed by atoms with Crippen molar-refractivity contribution in [2.45, 2.75) is 58.8 Å². The lowest BCUT2D eigenvalue weighted by molar-refractivity contribution is 0.0526. The van der Waals surface area contributed by atoms with Crippen molar-refractivity contribution in [1.29, 1.82) is 0 Å². The maximum atomic E-state index is 11.8. The molecule has 0 heterocycles. The first-order valence-corrected chi connectivity index (χ1v) is 8.77. The summed E-state index contributed by atoms with van der Waals surface area (Å²) in [6.07, 6.45) is 7.01. The van der Waals surface area contributed by atoms with Crippen molar-refractivity contribution in [3.8, 4) is 0 Å². The van der Waals surface area contributed by atoms with Gasteiger partial charge < -0.3 is 4.74 Å². The van der Waals surface area contributed by atoms with Crippen LogP contribution >= 0.6 is 0 Å². The third kappa shape index (κ3) is 1.40. The molecule has 0 amide bonds. The molecule has 3 atom stereocenters. The number of esters is 1. The van der Waals surface area contributed by atoms with Crippen molar-refractivity contribution in [3.05, 3.63) is 35.4 Å². The van der Waals surface area contributed by atoms with Crippen molar-refractivity contribution >= 4 is 5.97 Å². The number of carbonyl (C=O) groups is 1. The van der Waals surface area contributed by atoms with Crippen LogP contribution in [0.25, 0.3) is 0 Å². The second-order valence-corrected chi connectivity index (χ2v) is 7.92. The van der Waals surface area contributed by atoms with Crippen LogP contribution in [-0.2, 0) is 4.74 Å². The van der Waals surface area contributed by atoms with Crippen molar-refractivity contribution < 1.29 is 9.53 Å². The summed E-state index contributed by atoms with van der Waals surface area (Å²) in [5.41, 5.74) is 3.76. The summed E-state index contributed by atoms with van der Waals surface area (Å²) < 4.78 is 5.07. The quantitative estimate of drug-likeness (QED) is 0.739. The van der Waals surface area contributed by atoms with Gasteiger partial charge in [0, 0.05) is 0 Å². The van der Waals surface area contributed by atoms with Gasteiger partial charge in [0.1, 0.15) is 0 Å². The molecule has 0 bridgehead atoms. The molecule has 1 aromatic rings. The first-order chi connectivity index (χ1) is 10.5. The lowest BCUT2D eigenvalue weighted by Crippen LogP contribution is -2.30. The SMILES string of the molecule is CCOC(=O)c1ccc(C2CC3(C)C4(CCCC4)C23C)cc1. The Labute approximate surface area is 133 Å². The Morgan fingerprint density at radius 3 is 2.41 bits per heavy atom. The maximum absolute atomic E-state index is 11.8. The minimum atomic E-state index is -0.211. The zero-order chi connectivity index (χ0) is 15.6.